The number of primary amides is 1. The molecule has 1 rings (SSSR count). The summed E-state index contributed by atoms with van der Waals surface area (Å²) in [5.41, 5.74) is 6.06. The quantitative estimate of drug-likeness (QED) is 0.771. The van der Waals surface area contributed by atoms with E-state index in [-0.39, 0.29) is 0 Å². The van der Waals surface area contributed by atoms with E-state index in [9.17, 15) is 9.90 Å². The number of aliphatic hydroxyl groups is 1. The van der Waals surface area contributed by atoms with Crippen molar-refractivity contribution in [3.63, 3.8) is 0 Å². The molecular weight excluding hydrogens is 192 g/mol. The first-order valence-electron chi connectivity index (χ1n) is 4.78. The molecule has 4 nitrogen and oxygen atoms in total. The molecule has 1 aromatic rings. The molecule has 0 saturated heterocycles. The van der Waals surface area contributed by atoms with Crippen molar-refractivity contribution in [1.29, 1.82) is 0 Å². The van der Waals surface area contributed by atoms with Crippen molar-refractivity contribution in [3.8, 4) is 0 Å². The van der Waals surface area contributed by atoms with E-state index < -0.39 is 11.5 Å². The van der Waals surface area contributed by atoms with Crippen molar-refractivity contribution in [2.75, 3.05) is 0 Å². The van der Waals surface area contributed by atoms with Crippen molar-refractivity contribution >= 4 is 5.91 Å². The average molecular weight is 208 g/mol. The summed E-state index contributed by atoms with van der Waals surface area (Å²) in [4.78, 5) is 15.3. The van der Waals surface area contributed by atoms with Gasteiger partial charge in [-0.3, -0.25) is 9.78 Å². The predicted octanol–water partition coefficient (Wildman–Crippen LogP) is 0.802. The van der Waals surface area contributed by atoms with E-state index in [1.54, 1.807) is 26.0 Å². The van der Waals surface area contributed by atoms with Crippen molar-refractivity contribution in [3.05, 3.63) is 29.1 Å². The van der Waals surface area contributed by atoms with E-state index in [1.165, 1.54) is 0 Å². The molecule has 0 atom stereocenters. The normalized spacial score (nSPS) is 11.5. The van der Waals surface area contributed by atoms with Crippen LogP contribution in [0.5, 0.6) is 0 Å². The molecule has 1 heterocycles. The molecular formula is C11H16N2O2. The third kappa shape index (κ3) is 3.32. The minimum Gasteiger partial charge on any atom is -0.390 e. The standard InChI is InChI=1S/C11H16N2O2/c1-7-4-5-8(10(12)14)9(13-7)6-11(2,3)15/h4-5,15H,6H2,1-3H3,(H2,12,14). The lowest BCUT2D eigenvalue weighted by Gasteiger charge is -2.18. The van der Waals surface area contributed by atoms with Gasteiger partial charge in [0, 0.05) is 12.1 Å². The van der Waals surface area contributed by atoms with Crippen LogP contribution in [0.15, 0.2) is 12.1 Å². The summed E-state index contributed by atoms with van der Waals surface area (Å²) >= 11 is 0. The van der Waals surface area contributed by atoms with Crippen LogP contribution in [0.2, 0.25) is 0 Å². The lowest BCUT2D eigenvalue weighted by atomic mass is 9.99. The molecule has 3 N–H and O–H groups in total. The van der Waals surface area contributed by atoms with Gasteiger partial charge in [-0.15, -0.1) is 0 Å². The fourth-order valence-corrected chi connectivity index (χ4v) is 1.38. The van der Waals surface area contributed by atoms with Gasteiger partial charge < -0.3 is 10.8 Å². The molecule has 1 aromatic heterocycles. The maximum absolute atomic E-state index is 11.1. The largest absolute Gasteiger partial charge is 0.390 e. The maximum Gasteiger partial charge on any atom is 0.250 e. The van der Waals surface area contributed by atoms with Gasteiger partial charge in [0.15, 0.2) is 0 Å². The van der Waals surface area contributed by atoms with Crippen LogP contribution in [0.1, 0.15) is 35.6 Å². The molecule has 0 fully saturated rings. The summed E-state index contributed by atoms with van der Waals surface area (Å²) in [6.45, 7) is 5.17. The number of pyridine rings is 1. The Morgan fingerprint density at radius 2 is 2.13 bits per heavy atom. The zero-order valence-corrected chi connectivity index (χ0v) is 9.24. The van der Waals surface area contributed by atoms with Gasteiger partial charge in [-0.2, -0.15) is 0 Å². The molecule has 4 heteroatoms. The topological polar surface area (TPSA) is 76.2 Å². The van der Waals surface area contributed by atoms with Crippen molar-refractivity contribution in [2.24, 2.45) is 5.73 Å². The SMILES string of the molecule is Cc1ccc(C(N)=O)c(CC(C)(C)O)n1. The third-order valence-electron chi connectivity index (χ3n) is 1.98. The second kappa shape index (κ2) is 3.98. The highest BCUT2D eigenvalue weighted by molar-refractivity contribution is 5.93. The van der Waals surface area contributed by atoms with E-state index in [1.807, 2.05) is 6.92 Å². The molecule has 0 unspecified atom stereocenters. The molecule has 0 aliphatic carbocycles. The number of hydrogen-bond acceptors (Lipinski definition) is 3. The van der Waals surface area contributed by atoms with Crippen molar-refractivity contribution < 1.29 is 9.90 Å². The smallest absolute Gasteiger partial charge is 0.250 e. The summed E-state index contributed by atoms with van der Waals surface area (Å²) in [6.07, 6.45) is 0.312. The lowest BCUT2D eigenvalue weighted by Crippen LogP contribution is -2.25. The Labute approximate surface area is 89.1 Å². The zero-order valence-electron chi connectivity index (χ0n) is 9.24. The molecule has 1 amide bonds. The second-order valence-electron chi connectivity index (χ2n) is 4.30. The predicted molar refractivity (Wildman–Crippen MR) is 57.5 cm³/mol. The Kier molecular flexibility index (Phi) is 3.09. The van der Waals surface area contributed by atoms with Gasteiger partial charge in [0.1, 0.15) is 0 Å². The maximum atomic E-state index is 11.1. The lowest BCUT2D eigenvalue weighted by molar-refractivity contribution is 0.0794. The van der Waals surface area contributed by atoms with Crippen molar-refractivity contribution in [2.45, 2.75) is 32.8 Å². The number of carbonyl (C=O) groups excluding carboxylic acids is 1. The van der Waals surface area contributed by atoms with Crippen LogP contribution in [0, 0.1) is 6.92 Å². The Hall–Kier alpha value is -1.42. The van der Waals surface area contributed by atoms with Gasteiger partial charge in [0.25, 0.3) is 5.91 Å². The first-order valence-corrected chi connectivity index (χ1v) is 4.78. The molecule has 0 radical (unpaired) electrons. The summed E-state index contributed by atoms with van der Waals surface area (Å²) in [5, 5.41) is 9.68. The van der Waals surface area contributed by atoms with Gasteiger partial charge in [-0.25, -0.2) is 0 Å². The molecule has 0 spiro atoms. The Morgan fingerprint density at radius 1 is 1.53 bits per heavy atom. The minimum absolute atomic E-state index is 0.312. The summed E-state index contributed by atoms with van der Waals surface area (Å²) < 4.78 is 0. The molecule has 0 aliphatic rings. The van der Waals surface area contributed by atoms with E-state index in [2.05, 4.69) is 4.98 Å². The highest BCUT2D eigenvalue weighted by atomic mass is 16.3. The molecule has 15 heavy (non-hydrogen) atoms. The monoisotopic (exact) mass is 208 g/mol. The second-order valence-corrected chi connectivity index (χ2v) is 4.30. The van der Waals surface area contributed by atoms with Crippen LogP contribution in [-0.2, 0) is 6.42 Å². The Bertz CT molecular complexity index is 381. The van der Waals surface area contributed by atoms with Gasteiger partial charge in [0.05, 0.1) is 16.9 Å². The van der Waals surface area contributed by atoms with Crippen LogP contribution in [0.25, 0.3) is 0 Å². The third-order valence-corrected chi connectivity index (χ3v) is 1.98. The van der Waals surface area contributed by atoms with Crippen LogP contribution < -0.4 is 5.73 Å². The number of nitrogens with zero attached hydrogens (tertiary/aromatic N) is 1. The number of carbonyl (C=O) groups is 1. The van der Waals surface area contributed by atoms with Crippen LogP contribution in [0.4, 0.5) is 0 Å². The van der Waals surface area contributed by atoms with Gasteiger partial charge in [0.2, 0.25) is 0 Å². The fourth-order valence-electron chi connectivity index (χ4n) is 1.38. The number of aryl methyl sites for hydroxylation is 1. The molecule has 82 valence electrons. The van der Waals surface area contributed by atoms with Crippen LogP contribution >= 0.6 is 0 Å². The van der Waals surface area contributed by atoms with E-state index in [0.717, 1.165) is 5.69 Å². The average Bonchev–Trinajstić information content (AvgIpc) is 1.99. The van der Waals surface area contributed by atoms with E-state index in [0.29, 0.717) is 17.7 Å². The summed E-state index contributed by atoms with van der Waals surface area (Å²) in [6, 6.07) is 3.37. The summed E-state index contributed by atoms with van der Waals surface area (Å²) in [7, 11) is 0. The highest BCUT2D eigenvalue weighted by Gasteiger charge is 2.19. The molecule has 0 aromatic carbocycles. The van der Waals surface area contributed by atoms with Gasteiger partial charge >= 0.3 is 0 Å². The van der Waals surface area contributed by atoms with Gasteiger partial charge in [-0.1, -0.05) is 0 Å². The number of rotatable bonds is 3. The number of nitrogens with two attached hydrogens (primary N) is 1. The minimum atomic E-state index is -0.898. The first kappa shape index (κ1) is 11.7. The number of aromatic nitrogens is 1. The Morgan fingerprint density at radius 3 is 2.60 bits per heavy atom. The summed E-state index contributed by atoms with van der Waals surface area (Å²) in [5.74, 6) is -0.512. The molecule has 0 saturated carbocycles. The fraction of sp³-hybridized carbons (Fsp3) is 0.455. The van der Waals surface area contributed by atoms with Gasteiger partial charge in [-0.05, 0) is 32.9 Å². The number of amides is 1. The van der Waals surface area contributed by atoms with Crippen LogP contribution in [-0.4, -0.2) is 21.6 Å². The zero-order chi connectivity index (χ0) is 11.6. The first-order chi connectivity index (χ1) is 6.79. The highest BCUT2D eigenvalue weighted by Crippen LogP contribution is 2.15. The molecule has 0 bridgehead atoms. The van der Waals surface area contributed by atoms with E-state index >= 15 is 0 Å². The number of hydrogen-bond donors (Lipinski definition) is 2. The Balaban J connectivity index is 3.13. The van der Waals surface area contributed by atoms with Crippen molar-refractivity contribution in [1.82, 2.24) is 4.98 Å². The molecule has 0 aliphatic heterocycles. The van der Waals surface area contributed by atoms with E-state index in [4.69, 9.17) is 5.73 Å². The van der Waals surface area contributed by atoms with Crippen LogP contribution in [0.3, 0.4) is 0 Å².